The molecule has 0 amide bonds. The Kier molecular flexibility index (Phi) is 9.50. The summed E-state index contributed by atoms with van der Waals surface area (Å²) in [6.07, 6.45) is 0. The third-order valence-electron chi connectivity index (χ3n) is 15.2. The highest BCUT2D eigenvalue weighted by atomic mass is 19.1. The Bertz CT molecular complexity index is 4120. The van der Waals surface area contributed by atoms with E-state index in [4.69, 9.17) is 9.97 Å². The number of nitrogens with zero attached hydrogens (tertiary/aromatic N) is 3. The molecule has 3 nitrogen and oxygen atoms in total. The van der Waals surface area contributed by atoms with Crippen LogP contribution in [-0.4, -0.2) is 14.5 Å². The molecule has 12 aromatic rings. The number of hydrogen-bond donors (Lipinski definition) is 0. The fourth-order valence-corrected chi connectivity index (χ4v) is 11.4. The summed E-state index contributed by atoms with van der Waals surface area (Å²) in [6.45, 7) is 18.1. The topological polar surface area (TPSA) is 30.7 Å². The number of benzene rings is 10. The zero-order valence-corrected chi connectivity index (χ0v) is 39.7. The second kappa shape index (κ2) is 15.6. The van der Waals surface area contributed by atoms with E-state index in [9.17, 15) is 4.39 Å². The molecule has 2 heterocycles. The van der Waals surface area contributed by atoms with E-state index in [0.29, 0.717) is 0 Å². The Morgan fingerprint density at radius 3 is 1.91 bits per heavy atom. The van der Waals surface area contributed by atoms with Gasteiger partial charge in [0.25, 0.3) is 0 Å². The molecule has 0 N–H and O–H groups in total. The highest BCUT2D eigenvalue weighted by molar-refractivity contribution is 6.28. The van der Waals surface area contributed by atoms with Gasteiger partial charge in [-0.05, 0) is 191 Å². The Morgan fingerprint density at radius 2 is 1.09 bits per heavy atom. The van der Waals surface area contributed by atoms with Gasteiger partial charge >= 0.3 is 0 Å². The quantitative estimate of drug-likeness (QED) is 0.161. The normalized spacial score (nSPS) is 11.9. The van der Waals surface area contributed by atoms with Crippen LogP contribution in [-0.2, 0) is 0 Å². The molecule has 0 unspecified atom stereocenters. The van der Waals surface area contributed by atoms with Crippen LogP contribution < -0.4 is 0 Å². The number of hydrogen-bond acceptors (Lipinski definition) is 2. The van der Waals surface area contributed by atoms with Crippen molar-refractivity contribution in [2.75, 3.05) is 0 Å². The van der Waals surface area contributed by atoms with E-state index in [1.54, 1.807) is 6.07 Å². The first-order chi connectivity index (χ1) is 33.0. The summed E-state index contributed by atoms with van der Waals surface area (Å²) >= 11 is 0. The summed E-state index contributed by atoms with van der Waals surface area (Å²) in [6, 6.07) is 55.2. The number of rotatable bonds is 5. The SMILES string of the molecule is Cc1ccccc1-c1cccc(-c2ccc3c(-c4c(C)ccc5ccccc45)c(C)c4c(c3c2)c2c(C)c(C)c(C)c(C)c2n4-c2nc3c(ccc4cc(F)ccc43)nc2-c2ccccc2)c1C. The zero-order valence-electron chi connectivity index (χ0n) is 39.7. The third kappa shape index (κ3) is 6.10. The Labute approximate surface area is 396 Å². The molecule has 328 valence electrons. The lowest BCUT2D eigenvalue weighted by Gasteiger charge is -2.21. The molecule has 0 bridgehead atoms. The molecule has 0 saturated carbocycles. The summed E-state index contributed by atoms with van der Waals surface area (Å²) in [5, 5.41) is 8.90. The van der Waals surface area contributed by atoms with Gasteiger partial charge in [-0.2, -0.15) is 0 Å². The predicted octanol–water partition coefficient (Wildman–Crippen LogP) is 17.5. The summed E-state index contributed by atoms with van der Waals surface area (Å²) in [5.74, 6) is 0.466. The van der Waals surface area contributed by atoms with Crippen molar-refractivity contribution in [1.29, 1.82) is 0 Å². The third-order valence-corrected chi connectivity index (χ3v) is 15.2. The van der Waals surface area contributed by atoms with Crippen molar-refractivity contribution in [1.82, 2.24) is 14.5 Å². The van der Waals surface area contributed by atoms with Crippen LogP contribution in [0.2, 0.25) is 0 Å². The lowest BCUT2D eigenvalue weighted by atomic mass is 9.84. The van der Waals surface area contributed by atoms with Crippen LogP contribution in [0.4, 0.5) is 4.39 Å². The maximum absolute atomic E-state index is 14.8. The standard InChI is InChI=1S/C64H50FN3/c1-35-17-12-14-21-48(35)50-24-16-23-49(41(50)7)46-27-30-53-54(34-46)59-58-39(5)37(3)38(4)40(6)62(58)68(63(59)42(8)57(53)56-36(2)25-26-43-18-13-15-22-51(43)56)64-60(44-19-10-9-11-20-44)66-55-32-28-45-33-47(65)29-31-52(45)61(55)67-64/h9-34H,1-8H3. The fraction of sp³-hybridized carbons (Fsp3) is 0.125. The minimum Gasteiger partial charge on any atom is -0.291 e. The van der Waals surface area contributed by atoms with Crippen LogP contribution in [0.15, 0.2) is 158 Å². The van der Waals surface area contributed by atoms with Crippen LogP contribution in [0.25, 0.3) is 116 Å². The first-order valence-corrected chi connectivity index (χ1v) is 23.6. The van der Waals surface area contributed by atoms with E-state index in [1.807, 2.05) is 24.3 Å². The molecule has 4 heteroatoms. The molecule has 12 rings (SSSR count). The molecule has 0 aliphatic rings. The molecule has 0 fully saturated rings. The van der Waals surface area contributed by atoms with Crippen LogP contribution in [0.5, 0.6) is 0 Å². The summed E-state index contributed by atoms with van der Waals surface area (Å²) in [7, 11) is 0. The zero-order chi connectivity index (χ0) is 46.7. The van der Waals surface area contributed by atoms with Crippen LogP contribution >= 0.6 is 0 Å². The van der Waals surface area contributed by atoms with Gasteiger partial charge in [-0.25, -0.2) is 14.4 Å². The van der Waals surface area contributed by atoms with Gasteiger partial charge in [-0.3, -0.25) is 4.57 Å². The first kappa shape index (κ1) is 41.5. The molecule has 2 aromatic heterocycles. The van der Waals surface area contributed by atoms with E-state index in [-0.39, 0.29) is 5.82 Å². The van der Waals surface area contributed by atoms with Crippen LogP contribution in [0.3, 0.4) is 0 Å². The van der Waals surface area contributed by atoms with Crippen molar-refractivity contribution >= 4 is 65.2 Å². The minimum absolute atomic E-state index is 0.277. The summed E-state index contributed by atoms with van der Waals surface area (Å²) in [4.78, 5) is 11.3. The highest BCUT2D eigenvalue weighted by Gasteiger charge is 2.29. The number of fused-ring (bicyclic) bond motifs is 9. The second-order valence-corrected chi connectivity index (χ2v) is 18.9. The minimum atomic E-state index is -0.277. The summed E-state index contributed by atoms with van der Waals surface area (Å²) < 4.78 is 17.3. The molecule has 0 atom stereocenters. The van der Waals surface area contributed by atoms with Gasteiger partial charge < -0.3 is 0 Å². The number of halogens is 1. The van der Waals surface area contributed by atoms with E-state index in [1.165, 1.54) is 116 Å². The molecule has 0 aliphatic heterocycles. The molecule has 0 saturated heterocycles. The Morgan fingerprint density at radius 1 is 0.397 bits per heavy atom. The van der Waals surface area contributed by atoms with Crippen molar-refractivity contribution < 1.29 is 4.39 Å². The molecule has 0 aliphatic carbocycles. The summed E-state index contributed by atoms with van der Waals surface area (Å²) in [5.41, 5.74) is 22.7. The van der Waals surface area contributed by atoms with Crippen molar-refractivity contribution in [3.05, 3.63) is 208 Å². The smallest absolute Gasteiger partial charge is 0.165 e. The fourth-order valence-electron chi connectivity index (χ4n) is 11.4. The van der Waals surface area contributed by atoms with Crippen LogP contribution in [0.1, 0.15) is 44.5 Å². The molecular formula is C64H50FN3. The van der Waals surface area contributed by atoms with E-state index >= 15 is 0 Å². The molecule has 0 spiro atoms. The van der Waals surface area contributed by atoms with E-state index < -0.39 is 0 Å². The lowest BCUT2D eigenvalue weighted by molar-refractivity contribution is 0.630. The number of aryl methyl sites for hydroxylation is 5. The highest BCUT2D eigenvalue weighted by Crippen LogP contribution is 2.50. The maximum atomic E-state index is 14.8. The van der Waals surface area contributed by atoms with E-state index in [2.05, 4.69) is 181 Å². The average molecular weight is 880 g/mol. The first-order valence-electron chi connectivity index (χ1n) is 23.6. The number of aromatic nitrogens is 3. The maximum Gasteiger partial charge on any atom is 0.165 e. The average Bonchev–Trinajstić information content (AvgIpc) is 3.72. The van der Waals surface area contributed by atoms with Gasteiger partial charge in [0.1, 0.15) is 11.5 Å². The second-order valence-electron chi connectivity index (χ2n) is 18.9. The van der Waals surface area contributed by atoms with Gasteiger partial charge in [0.05, 0.1) is 22.1 Å². The Balaban J connectivity index is 1.32. The van der Waals surface area contributed by atoms with Gasteiger partial charge in [0.15, 0.2) is 5.82 Å². The largest absolute Gasteiger partial charge is 0.291 e. The van der Waals surface area contributed by atoms with Gasteiger partial charge in [-0.15, -0.1) is 0 Å². The van der Waals surface area contributed by atoms with Crippen molar-refractivity contribution in [3.8, 4) is 50.5 Å². The van der Waals surface area contributed by atoms with Crippen molar-refractivity contribution in [3.63, 3.8) is 0 Å². The Hall–Kier alpha value is -7.95. The molecule has 10 aromatic carbocycles. The van der Waals surface area contributed by atoms with Gasteiger partial charge in [0, 0.05) is 21.7 Å². The molecule has 68 heavy (non-hydrogen) atoms. The molecule has 0 radical (unpaired) electrons. The van der Waals surface area contributed by atoms with Crippen molar-refractivity contribution in [2.45, 2.75) is 55.4 Å². The van der Waals surface area contributed by atoms with Crippen LogP contribution in [0, 0.1) is 61.2 Å². The monoisotopic (exact) mass is 879 g/mol. The lowest BCUT2D eigenvalue weighted by Crippen LogP contribution is -2.07. The van der Waals surface area contributed by atoms with E-state index in [0.717, 1.165) is 49.9 Å². The van der Waals surface area contributed by atoms with Gasteiger partial charge in [0.2, 0.25) is 0 Å². The van der Waals surface area contributed by atoms with Crippen molar-refractivity contribution in [2.24, 2.45) is 0 Å². The van der Waals surface area contributed by atoms with Gasteiger partial charge in [-0.1, -0.05) is 127 Å². The molecular weight excluding hydrogens is 830 g/mol. The predicted molar refractivity (Wildman–Crippen MR) is 286 cm³/mol.